The molecule has 0 aliphatic carbocycles. The Morgan fingerprint density at radius 2 is 2.12 bits per heavy atom. The van der Waals surface area contributed by atoms with E-state index in [0.29, 0.717) is 43.4 Å². The van der Waals surface area contributed by atoms with Crippen LogP contribution in [0.3, 0.4) is 0 Å². The summed E-state index contributed by atoms with van der Waals surface area (Å²) in [6, 6.07) is 8.29. The molecule has 3 aromatic rings. The van der Waals surface area contributed by atoms with Gasteiger partial charge in [-0.05, 0) is 30.7 Å². The topological polar surface area (TPSA) is 82.9 Å². The van der Waals surface area contributed by atoms with Crippen LogP contribution in [0.15, 0.2) is 41.0 Å². The van der Waals surface area contributed by atoms with Crippen molar-refractivity contribution in [2.45, 2.75) is 25.9 Å². The summed E-state index contributed by atoms with van der Waals surface area (Å²) in [5.41, 5.74) is 3.90. The van der Waals surface area contributed by atoms with Gasteiger partial charge in [0.05, 0.1) is 52.2 Å². The number of ether oxygens (including phenoxy) is 3. The molecule has 1 aromatic heterocycles. The van der Waals surface area contributed by atoms with Crippen LogP contribution in [0.5, 0.6) is 5.75 Å². The number of methoxy groups -OCH3 is 1. The first-order valence-electron chi connectivity index (χ1n) is 10.8. The van der Waals surface area contributed by atoms with E-state index >= 15 is 0 Å². The fourth-order valence-corrected chi connectivity index (χ4v) is 5.01. The second-order valence-corrected chi connectivity index (χ2v) is 10.8. The first-order chi connectivity index (χ1) is 15.8. The van der Waals surface area contributed by atoms with E-state index in [4.69, 9.17) is 14.2 Å². The molecule has 1 fully saturated rings. The highest BCUT2D eigenvalue weighted by Crippen LogP contribution is 2.31. The van der Waals surface area contributed by atoms with E-state index in [1.807, 2.05) is 19.1 Å². The molecule has 0 bridgehead atoms. The van der Waals surface area contributed by atoms with Crippen LogP contribution in [0.1, 0.15) is 23.2 Å². The van der Waals surface area contributed by atoms with Crippen molar-refractivity contribution in [1.82, 2.24) is 9.97 Å². The average Bonchev–Trinajstić information content (AvgIpc) is 3.27. The van der Waals surface area contributed by atoms with Crippen LogP contribution in [0, 0.1) is 12.7 Å². The van der Waals surface area contributed by atoms with E-state index < -0.39 is 9.73 Å². The van der Waals surface area contributed by atoms with Crippen LogP contribution in [-0.4, -0.2) is 59.2 Å². The first kappa shape index (κ1) is 23.5. The second-order valence-electron chi connectivity index (χ2n) is 8.26. The van der Waals surface area contributed by atoms with Crippen LogP contribution < -0.4 is 4.74 Å². The van der Waals surface area contributed by atoms with Crippen LogP contribution in [0.25, 0.3) is 10.9 Å². The third-order valence-electron chi connectivity index (χ3n) is 5.53. The van der Waals surface area contributed by atoms with Gasteiger partial charge in [0.1, 0.15) is 24.0 Å². The van der Waals surface area contributed by atoms with Crippen LogP contribution >= 0.6 is 0 Å². The Kier molecular flexibility index (Phi) is 7.21. The number of aryl methyl sites for hydroxylation is 1. The minimum absolute atomic E-state index is 0.0828. The van der Waals surface area contributed by atoms with Gasteiger partial charge >= 0.3 is 0 Å². The summed E-state index contributed by atoms with van der Waals surface area (Å²) >= 11 is 0. The van der Waals surface area contributed by atoms with Crippen molar-refractivity contribution >= 4 is 26.3 Å². The van der Waals surface area contributed by atoms with Gasteiger partial charge in [0, 0.05) is 43.2 Å². The second kappa shape index (κ2) is 10.1. The molecule has 1 unspecified atom stereocenters. The molecule has 7 nitrogen and oxygen atoms in total. The van der Waals surface area contributed by atoms with Gasteiger partial charge in [-0.25, -0.2) is 18.6 Å². The quantitative estimate of drug-likeness (QED) is 0.487. The SMILES string of the molecule is COCCS(C)(=O)=Nc1cc(C)c2c(Cc3ccc(F)cc3O[C@H]3CCOC3)ncnc2c1. The summed E-state index contributed by atoms with van der Waals surface area (Å²) in [6.45, 7) is 3.49. The average molecular weight is 474 g/mol. The lowest BCUT2D eigenvalue weighted by Gasteiger charge is -2.16. The fraction of sp³-hybridized carbons (Fsp3) is 0.417. The molecule has 2 atom stereocenters. The molecule has 0 saturated carbocycles. The molecule has 4 rings (SSSR count). The maximum absolute atomic E-state index is 14.0. The third kappa shape index (κ3) is 5.85. The number of hydrogen-bond donors (Lipinski definition) is 0. The maximum atomic E-state index is 14.0. The first-order valence-corrected chi connectivity index (χ1v) is 12.9. The molecule has 0 spiro atoms. The van der Waals surface area contributed by atoms with Crippen molar-refractivity contribution in [2.75, 3.05) is 38.9 Å². The van der Waals surface area contributed by atoms with E-state index in [1.165, 1.54) is 18.5 Å². The van der Waals surface area contributed by atoms with Gasteiger partial charge in [-0.2, -0.15) is 4.36 Å². The Morgan fingerprint density at radius 3 is 2.88 bits per heavy atom. The van der Waals surface area contributed by atoms with Gasteiger partial charge in [-0.3, -0.25) is 0 Å². The van der Waals surface area contributed by atoms with Gasteiger partial charge < -0.3 is 14.2 Å². The molecule has 0 N–H and O–H groups in total. The van der Waals surface area contributed by atoms with Crippen molar-refractivity contribution in [1.29, 1.82) is 0 Å². The van der Waals surface area contributed by atoms with Crippen molar-refractivity contribution in [2.24, 2.45) is 4.36 Å². The number of nitrogens with zero attached hydrogens (tertiary/aromatic N) is 3. The highest BCUT2D eigenvalue weighted by molar-refractivity contribution is 7.93. The van der Waals surface area contributed by atoms with E-state index in [0.717, 1.165) is 34.1 Å². The van der Waals surface area contributed by atoms with Gasteiger partial charge in [0.25, 0.3) is 0 Å². The number of benzene rings is 2. The number of aromatic nitrogens is 2. The Bertz CT molecular complexity index is 1270. The smallest absolute Gasteiger partial charge is 0.126 e. The zero-order chi connectivity index (χ0) is 23.4. The third-order valence-corrected chi connectivity index (χ3v) is 7.05. The summed E-state index contributed by atoms with van der Waals surface area (Å²) in [7, 11) is -0.841. The molecule has 0 radical (unpaired) electrons. The number of rotatable bonds is 8. The van der Waals surface area contributed by atoms with E-state index in [9.17, 15) is 8.60 Å². The molecule has 1 aliphatic heterocycles. The molecule has 176 valence electrons. The van der Waals surface area contributed by atoms with Gasteiger partial charge in [-0.1, -0.05) is 6.07 Å². The van der Waals surface area contributed by atoms with Crippen LogP contribution in [0.2, 0.25) is 0 Å². The summed E-state index contributed by atoms with van der Waals surface area (Å²) in [4.78, 5) is 8.93. The minimum Gasteiger partial charge on any atom is -0.488 e. The summed E-state index contributed by atoms with van der Waals surface area (Å²) < 4.78 is 47.6. The van der Waals surface area contributed by atoms with E-state index in [1.54, 1.807) is 19.4 Å². The predicted molar refractivity (Wildman–Crippen MR) is 126 cm³/mol. The van der Waals surface area contributed by atoms with Crippen LogP contribution in [-0.2, 0) is 25.6 Å². The number of hydrogen-bond acceptors (Lipinski definition) is 7. The van der Waals surface area contributed by atoms with Crippen LogP contribution in [0.4, 0.5) is 10.1 Å². The maximum Gasteiger partial charge on any atom is 0.126 e. The molecule has 2 heterocycles. The molecule has 33 heavy (non-hydrogen) atoms. The lowest BCUT2D eigenvalue weighted by atomic mass is 10.0. The minimum atomic E-state index is -2.42. The van der Waals surface area contributed by atoms with E-state index in [-0.39, 0.29) is 11.9 Å². The van der Waals surface area contributed by atoms with Crippen molar-refractivity contribution in [3.05, 3.63) is 59.3 Å². The lowest BCUT2D eigenvalue weighted by molar-refractivity contribution is 0.140. The molecule has 0 amide bonds. The molecule has 1 aliphatic rings. The predicted octanol–water partition coefficient (Wildman–Crippen LogP) is 4.21. The Balaban J connectivity index is 1.69. The normalized spacial score (nSPS) is 17.8. The molecular weight excluding hydrogens is 445 g/mol. The highest BCUT2D eigenvalue weighted by atomic mass is 32.2. The molecule has 2 aromatic carbocycles. The molecular formula is C24H28FN3O4S. The standard InChI is InChI=1S/C24H28FN3O4S/c1-16-10-19(28-33(3,29)9-8-30-2)13-22-24(16)21(26-15-27-22)11-17-4-5-18(25)12-23(17)32-20-6-7-31-14-20/h4-5,10,12-13,15,20H,6-9,11,14H2,1-3H3/t20-,33?/m0/s1. The highest BCUT2D eigenvalue weighted by Gasteiger charge is 2.20. The largest absolute Gasteiger partial charge is 0.488 e. The summed E-state index contributed by atoms with van der Waals surface area (Å²) in [5, 5.41) is 0.899. The molecule has 1 saturated heterocycles. The van der Waals surface area contributed by atoms with Gasteiger partial charge in [-0.15, -0.1) is 0 Å². The number of halogens is 1. The zero-order valence-corrected chi connectivity index (χ0v) is 19.9. The van der Waals surface area contributed by atoms with Gasteiger partial charge in [0.2, 0.25) is 0 Å². The van der Waals surface area contributed by atoms with Crippen molar-refractivity contribution in [3.63, 3.8) is 0 Å². The zero-order valence-electron chi connectivity index (χ0n) is 19.0. The summed E-state index contributed by atoms with van der Waals surface area (Å²) in [6.07, 6.45) is 4.29. The Labute approximate surface area is 193 Å². The number of fused-ring (bicyclic) bond motifs is 1. The fourth-order valence-electron chi connectivity index (χ4n) is 3.90. The Morgan fingerprint density at radius 1 is 1.27 bits per heavy atom. The van der Waals surface area contributed by atoms with Crippen molar-refractivity contribution in [3.8, 4) is 5.75 Å². The van der Waals surface area contributed by atoms with E-state index in [2.05, 4.69) is 14.3 Å². The van der Waals surface area contributed by atoms with Gasteiger partial charge in [0.15, 0.2) is 0 Å². The molecule has 9 heteroatoms. The Hall–Kier alpha value is -2.62. The monoisotopic (exact) mass is 473 g/mol. The van der Waals surface area contributed by atoms with Crippen molar-refractivity contribution < 1.29 is 22.8 Å². The lowest BCUT2D eigenvalue weighted by Crippen LogP contribution is -2.17. The summed E-state index contributed by atoms with van der Waals surface area (Å²) in [5.74, 6) is 0.513.